The third-order valence-electron chi connectivity index (χ3n) is 1.75. The fourth-order valence-corrected chi connectivity index (χ4v) is 1.09. The summed E-state index contributed by atoms with van der Waals surface area (Å²) < 4.78 is 1.55. The third kappa shape index (κ3) is 1.47. The molecule has 0 atom stereocenters. The lowest BCUT2D eigenvalue weighted by Gasteiger charge is -1.97. The molecule has 0 aliphatic heterocycles. The van der Waals surface area contributed by atoms with Crippen molar-refractivity contribution in [3.05, 3.63) is 42.5 Å². The second kappa shape index (κ2) is 3.29. The van der Waals surface area contributed by atoms with Gasteiger partial charge in [-0.2, -0.15) is 5.10 Å². The number of nitrogens with zero attached hydrogens (tertiary/aromatic N) is 3. The number of aromatic nitrogens is 3. The van der Waals surface area contributed by atoms with E-state index in [0.717, 1.165) is 5.69 Å². The van der Waals surface area contributed by atoms with Gasteiger partial charge in [-0.05, 0) is 18.2 Å². The fraction of sp³-hybridized carbons (Fsp3) is 0. The van der Waals surface area contributed by atoms with E-state index in [0.29, 0.717) is 0 Å². The summed E-state index contributed by atoms with van der Waals surface area (Å²) in [5, 5.41) is 3.98. The van der Waals surface area contributed by atoms with E-state index >= 15 is 0 Å². The number of hydrogen-bond donors (Lipinski definition) is 1. The van der Waals surface area contributed by atoms with Crippen molar-refractivity contribution in [1.29, 1.82) is 0 Å². The molecule has 0 fully saturated rings. The van der Waals surface area contributed by atoms with E-state index in [-0.39, 0.29) is 5.69 Å². The van der Waals surface area contributed by atoms with E-state index in [2.05, 4.69) is 10.1 Å². The van der Waals surface area contributed by atoms with Crippen molar-refractivity contribution in [3.63, 3.8) is 0 Å². The second-order valence-electron chi connectivity index (χ2n) is 2.72. The van der Waals surface area contributed by atoms with Gasteiger partial charge >= 0.3 is 0 Å². The molecule has 2 rings (SSSR count). The molecule has 0 aliphatic carbocycles. The average Bonchev–Trinajstić information content (AvgIpc) is 2.68. The number of carbonyl (C=O) groups is 1. The van der Waals surface area contributed by atoms with E-state index in [1.165, 1.54) is 0 Å². The van der Waals surface area contributed by atoms with Crippen LogP contribution in [0.1, 0.15) is 10.5 Å². The Balaban J connectivity index is 2.39. The molecule has 0 radical (unpaired) electrons. The Hall–Kier alpha value is -2.17. The first-order chi connectivity index (χ1) is 6.77. The summed E-state index contributed by atoms with van der Waals surface area (Å²) in [4.78, 5) is 14.7. The fourth-order valence-electron chi connectivity index (χ4n) is 1.09. The van der Waals surface area contributed by atoms with Crippen molar-refractivity contribution in [1.82, 2.24) is 14.8 Å². The summed E-state index contributed by atoms with van der Waals surface area (Å²) in [5.74, 6) is -0.535. The number of amides is 1. The van der Waals surface area contributed by atoms with Gasteiger partial charge in [0.2, 0.25) is 0 Å². The number of rotatable bonds is 2. The van der Waals surface area contributed by atoms with Gasteiger partial charge in [0.25, 0.3) is 5.91 Å². The highest BCUT2D eigenvalue weighted by Crippen LogP contribution is 2.04. The van der Waals surface area contributed by atoms with Gasteiger partial charge in [-0.25, -0.2) is 4.68 Å². The Morgan fingerprint density at radius 2 is 2.29 bits per heavy atom. The summed E-state index contributed by atoms with van der Waals surface area (Å²) in [6, 6.07) is 5.20. The molecular formula is C9H8N4O. The molecule has 70 valence electrons. The molecule has 5 heteroatoms. The molecule has 1 amide bonds. The van der Waals surface area contributed by atoms with E-state index < -0.39 is 5.91 Å². The van der Waals surface area contributed by atoms with E-state index in [9.17, 15) is 4.79 Å². The van der Waals surface area contributed by atoms with Gasteiger partial charge in [0.1, 0.15) is 5.69 Å². The maximum Gasteiger partial charge on any atom is 0.269 e. The molecule has 2 aromatic rings. The van der Waals surface area contributed by atoms with Crippen LogP contribution in [-0.4, -0.2) is 20.7 Å². The van der Waals surface area contributed by atoms with Crippen LogP contribution in [0.3, 0.4) is 0 Å². The largest absolute Gasteiger partial charge is 0.364 e. The second-order valence-corrected chi connectivity index (χ2v) is 2.72. The summed E-state index contributed by atoms with van der Waals surface area (Å²) in [7, 11) is 0. The van der Waals surface area contributed by atoms with Gasteiger partial charge in [-0.15, -0.1) is 0 Å². The average molecular weight is 188 g/mol. The minimum atomic E-state index is -0.535. The highest BCUT2D eigenvalue weighted by Gasteiger charge is 2.04. The molecule has 0 saturated heterocycles. The van der Waals surface area contributed by atoms with Crippen molar-refractivity contribution < 1.29 is 4.79 Å². The molecule has 2 aromatic heterocycles. The molecule has 0 aromatic carbocycles. The van der Waals surface area contributed by atoms with Crippen LogP contribution in [0.25, 0.3) is 5.69 Å². The first kappa shape index (κ1) is 8.43. The zero-order valence-corrected chi connectivity index (χ0v) is 7.29. The maximum atomic E-state index is 10.8. The Kier molecular flexibility index (Phi) is 1.98. The van der Waals surface area contributed by atoms with Gasteiger partial charge in [0.15, 0.2) is 0 Å². The third-order valence-corrected chi connectivity index (χ3v) is 1.75. The Labute approximate surface area is 80.2 Å². The topological polar surface area (TPSA) is 73.8 Å². The lowest BCUT2D eigenvalue weighted by molar-refractivity contribution is 0.0995. The minimum Gasteiger partial charge on any atom is -0.364 e. The van der Waals surface area contributed by atoms with Gasteiger partial charge < -0.3 is 5.73 Å². The predicted octanol–water partition coefficient (Wildman–Crippen LogP) is 0.366. The van der Waals surface area contributed by atoms with Crippen LogP contribution in [0.15, 0.2) is 36.8 Å². The highest BCUT2D eigenvalue weighted by atomic mass is 16.1. The van der Waals surface area contributed by atoms with E-state index in [1.54, 1.807) is 35.4 Å². The summed E-state index contributed by atoms with van der Waals surface area (Å²) >= 11 is 0. The van der Waals surface area contributed by atoms with Crippen LogP contribution in [0.4, 0.5) is 0 Å². The number of carbonyl (C=O) groups excluding carboxylic acids is 1. The molecule has 0 aliphatic rings. The highest BCUT2D eigenvalue weighted by molar-refractivity contribution is 5.90. The number of primary amides is 1. The van der Waals surface area contributed by atoms with Crippen LogP contribution in [-0.2, 0) is 0 Å². The van der Waals surface area contributed by atoms with Crippen molar-refractivity contribution in [2.24, 2.45) is 5.73 Å². The molecule has 0 saturated carbocycles. The van der Waals surface area contributed by atoms with Crippen molar-refractivity contribution in [2.75, 3.05) is 0 Å². The first-order valence-electron chi connectivity index (χ1n) is 4.03. The van der Waals surface area contributed by atoms with Crippen LogP contribution >= 0.6 is 0 Å². The van der Waals surface area contributed by atoms with Crippen LogP contribution < -0.4 is 5.73 Å². The quantitative estimate of drug-likeness (QED) is 0.739. The summed E-state index contributed by atoms with van der Waals surface area (Å²) in [6.07, 6.45) is 4.98. The first-order valence-corrected chi connectivity index (χ1v) is 4.03. The summed E-state index contributed by atoms with van der Waals surface area (Å²) in [5.41, 5.74) is 6.11. The SMILES string of the molecule is NC(=O)c1ccn(-c2cccnc2)n1. The van der Waals surface area contributed by atoms with Crippen molar-refractivity contribution >= 4 is 5.91 Å². The van der Waals surface area contributed by atoms with E-state index in [1.807, 2.05) is 6.07 Å². The standard InChI is InChI=1S/C9H8N4O/c10-9(14)8-3-5-13(12-8)7-2-1-4-11-6-7/h1-6H,(H2,10,14). The van der Waals surface area contributed by atoms with Crippen molar-refractivity contribution in [2.45, 2.75) is 0 Å². The molecule has 14 heavy (non-hydrogen) atoms. The molecule has 0 unspecified atom stereocenters. The minimum absolute atomic E-state index is 0.244. The Bertz CT molecular complexity index is 449. The smallest absolute Gasteiger partial charge is 0.269 e. The number of hydrogen-bond acceptors (Lipinski definition) is 3. The van der Waals surface area contributed by atoms with Gasteiger partial charge in [-0.1, -0.05) is 0 Å². The van der Waals surface area contributed by atoms with Crippen LogP contribution in [0.5, 0.6) is 0 Å². The zero-order chi connectivity index (χ0) is 9.97. The van der Waals surface area contributed by atoms with Gasteiger partial charge in [0, 0.05) is 12.4 Å². The van der Waals surface area contributed by atoms with Gasteiger partial charge in [0.05, 0.1) is 11.9 Å². The lowest BCUT2D eigenvalue weighted by atomic mass is 10.4. The zero-order valence-electron chi connectivity index (χ0n) is 7.29. The molecule has 2 N–H and O–H groups in total. The van der Waals surface area contributed by atoms with Gasteiger partial charge in [-0.3, -0.25) is 9.78 Å². The predicted molar refractivity (Wildman–Crippen MR) is 49.9 cm³/mol. The Morgan fingerprint density at radius 1 is 1.43 bits per heavy atom. The molecule has 5 nitrogen and oxygen atoms in total. The maximum absolute atomic E-state index is 10.8. The number of nitrogens with two attached hydrogens (primary N) is 1. The van der Waals surface area contributed by atoms with Crippen LogP contribution in [0.2, 0.25) is 0 Å². The molecular weight excluding hydrogens is 180 g/mol. The molecule has 0 spiro atoms. The lowest BCUT2D eigenvalue weighted by Crippen LogP contribution is -2.12. The number of pyridine rings is 1. The monoisotopic (exact) mass is 188 g/mol. The molecule has 0 bridgehead atoms. The normalized spacial score (nSPS) is 10.0. The Morgan fingerprint density at radius 3 is 2.86 bits per heavy atom. The van der Waals surface area contributed by atoms with E-state index in [4.69, 9.17) is 5.73 Å². The molecule has 2 heterocycles. The van der Waals surface area contributed by atoms with Crippen molar-refractivity contribution in [3.8, 4) is 5.69 Å². The summed E-state index contributed by atoms with van der Waals surface area (Å²) in [6.45, 7) is 0. The van der Waals surface area contributed by atoms with Crippen LogP contribution in [0, 0.1) is 0 Å².